The van der Waals surface area contributed by atoms with Gasteiger partial charge in [0.25, 0.3) is 0 Å². The normalized spacial score (nSPS) is 10.8. The fourth-order valence-corrected chi connectivity index (χ4v) is 2.99. The van der Waals surface area contributed by atoms with Crippen LogP contribution in [-0.2, 0) is 17.9 Å². The van der Waals surface area contributed by atoms with E-state index in [0.717, 1.165) is 14.8 Å². The number of nitrogens with zero attached hydrogens (tertiary/aromatic N) is 4. The molecule has 0 saturated carbocycles. The predicted octanol–water partition coefficient (Wildman–Crippen LogP) is 3.72. The van der Waals surface area contributed by atoms with Gasteiger partial charge in [-0.2, -0.15) is 10.2 Å². The monoisotopic (exact) mass is 469 g/mol. The summed E-state index contributed by atoms with van der Waals surface area (Å²) in [4.78, 5) is 12.1. The Hall–Kier alpha value is -1.87. The molecule has 3 aromatic rings. The highest BCUT2D eigenvalue weighted by Gasteiger charge is 2.08. The number of hydrogen-bond donors (Lipinski definition) is 1. The van der Waals surface area contributed by atoms with Gasteiger partial charge in [-0.3, -0.25) is 14.2 Å². The van der Waals surface area contributed by atoms with Crippen molar-refractivity contribution >= 4 is 45.8 Å². The van der Waals surface area contributed by atoms with Crippen molar-refractivity contribution in [2.45, 2.75) is 26.4 Å². The average molecular weight is 470 g/mol. The fourth-order valence-electron chi connectivity index (χ4n) is 2.36. The van der Waals surface area contributed by atoms with Crippen LogP contribution in [0.2, 0.25) is 5.02 Å². The van der Waals surface area contributed by atoms with E-state index in [1.54, 1.807) is 21.8 Å². The summed E-state index contributed by atoms with van der Waals surface area (Å²) in [7, 11) is 0. The Balaban J connectivity index is 1.54. The SMILES string of the molecule is Cc1nn(CCC(=O)Nc2cnn(Cc3ccccc3Cl)c2)cc1I. The molecule has 0 aliphatic rings. The van der Waals surface area contributed by atoms with Crippen LogP contribution < -0.4 is 5.32 Å². The molecule has 0 aliphatic heterocycles. The highest BCUT2D eigenvalue weighted by atomic mass is 127. The number of nitrogens with one attached hydrogen (secondary N) is 1. The van der Waals surface area contributed by atoms with Gasteiger partial charge in [0.15, 0.2) is 0 Å². The van der Waals surface area contributed by atoms with Crippen LogP contribution in [0, 0.1) is 10.5 Å². The number of benzene rings is 1. The Labute approximate surface area is 164 Å². The van der Waals surface area contributed by atoms with E-state index in [9.17, 15) is 4.79 Å². The van der Waals surface area contributed by atoms with Gasteiger partial charge in [0.1, 0.15) is 0 Å². The third-order valence-corrected chi connectivity index (χ3v) is 5.09. The van der Waals surface area contributed by atoms with Crippen LogP contribution in [0.4, 0.5) is 5.69 Å². The third-order valence-electron chi connectivity index (χ3n) is 3.66. The molecular formula is C17H17ClIN5O. The quantitative estimate of drug-likeness (QED) is 0.560. The van der Waals surface area contributed by atoms with E-state index < -0.39 is 0 Å². The minimum Gasteiger partial charge on any atom is -0.323 e. The maximum atomic E-state index is 12.1. The summed E-state index contributed by atoms with van der Waals surface area (Å²) in [6.45, 7) is 3.05. The van der Waals surface area contributed by atoms with Crippen molar-refractivity contribution in [3.05, 3.63) is 62.7 Å². The lowest BCUT2D eigenvalue weighted by atomic mass is 10.2. The van der Waals surface area contributed by atoms with Crippen LogP contribution in [-0.4, -0.2) is 25.5 Å². The Morgan fingerprint density at radius 3 is 2.80 bits per heavy atom. The number of rotatable bonds is 6. The van der Waals surface area contributed by atoms with Gasteiger partial charge < -0.3 is 5.32 Å². The molecule has 3 rings (SSSR count). The van der Waals surface area contributed by atoms with Gasteiger partial charge in [0.2, 0.25) is 5.91 Å². The van der Waals surface area contributed by atoms with E-state index >= 15 is 0 Å². The van der Waals surface area contributed by atoms with E-state index in [-0.39, 0.29) is 5.91 Å². The maximum Gasteiger partial charge on any atom is 0.226 e. The molecule has 130 valence electrons. The molecule has 1 N–H and O–H groups in total. The zero-order chi connectivity index (χ0) is 17.8. The highest BCUT2D eigenvalue weighted by molar-refractivity contribution is 14.1. The fraction of sp³-hybridized carbons (Fsp3) is 0.235. The molecule has 25 heavy (non-hydrogen) atoms. The topological polar surface area (TPSA) is 64.7 Å². The summed E-state index contributed by atoms with van der Waals surface area (Å²) in [5.74, 6) is -0.0690. The number of aromatic nitrogens is 4. The van der Waals surface area contributed by atoms with Crippen molar-refractivity contribution < 1.29 is 4.79 Å². The minimum atomic E-state index is -0.0690. The third kappa shape index (κ3) is 4.82. The number of hydrogen-bond acceptors (Lipinski definition) is 3. The second kappa shape index (κ2) is 8.01. The van der Waals surface area contributed by atoms with Crippen LogP contribution in [0.25, 0.3) is 0 Å². The lowest BCUT2D eigenvalue weighted by molar-refractivity contribution is -0.116. The molecular weight excluding hydrogens is 453 g/mol. The first-order valence-corrected chi connectivity index (χ1v) is 9.22. The molecule has 2 heterocycles. The zero-order valence-electron chi connectivity index (χ0n) is 13.6. The smallest absolute Gasteiger partial charge is 0.226 e. The van der Waals surface area contributed by atoms with Crippen molar-refractivity contribution in [1.82, 2.24) is 19.6 Å². The van der Waals surface area contributed by atoms with Crippen LogP contribution in [0.3, 0.4) is 0 Å². The Morgan fingerprint density at radius 2 is 2.08 bits per heavy atom. The number of halogens is 2. The minimum absolute atomic E-state index is 0.0690. The lowest BCUT2D eigenvalue weighted by Crippen LogP contribution is -2.14. The summed E-state index contributed by atoms with van der Waals surface area (Å²) >= 11 is 8.39. The molecule has 0 fully saturated rings. The zero-order valence-corrected chi connectivity index (χ0v) is 16.5. The molecule has 1 amide bonds. The molecule has 0 unspecified atom stereocenters. The molecule has 8 heteroatoms. The van der Waals surface area contributed by atoms with E-state index in [1.807, 2.05) is 37.4 Å². The molecule has 0 atom stereocenters. The summed E-state index contributed by atoms with van der Waals surface area (Å²) in [6.07, 6.45) is 5.72. The van der Waals surface area contributed by atoms with Crippen molar-refractivity contribution in [3.8, 4) is 0 Å². The Morgan fingerprint density at radius 1 is 1.28 bits per heavy atom. The van der Waals surface area contributed by atoms with Gasteiger partial charge in [-0.05, 0) is 41.1 Å². The lowest BCUT2D eigenvalue weighted by Gasteiger charge is -2.04. The number of carbonyl (C=O) groups is 1. The van der Waals surface area contributed by atoms with Crippen molar-refractivity contribution in [1.29, 1.82) is 0 Å². The second-order valence-electron chi connectivity index (χ2n) is 5.64. The van der Waals surface area contributed by atoms with Gasteiger partial charge in [-0.1, -0.05) is 29.8 Å². The molecule has 1 aromatic carbocycles. The van der Waals surface area contributed by atoms with Gasteiger partial charge in [0, 0.05) is 30.4 Å². The van der Waals surface area contributed by atoms with Gasteiger partial charge in [0.05, 0.1) is 27.7 Å². The Kier molecular flexibility index (Phi) is 5.74. The number of aryl methyl sites for hydroxylation is 2. The van der Waals surface area contributed by atoms with Crippen LogP contribution in [0.5, 0.6) is 0 Å². The summed E-state index contributed by atoms with van der Waals surface area (Å²) in [6, 6.07) is 7.63. The van der Waals surface area contributed by atoms with Crippen molar-refractivity contribution in [3.63, 3.8) is 0 Å². The largest absolute Gasteiger partial charge is 0.323 e. The van der Waals surface area contributed by atoms with Gasteiger partial charge in [-0.25, -0.2) is 0 Å². The number of anilines is 1. The molecule has 0 saturated heterocycles. The number of carbonyl (C=O) groups excluding carboxylic acids is 1. The first-order valence-electron chi connectivity index (χ1n) is 7.76. The van der Waals surface area contributed by atoms with Gasteiger partial charge in [-0.15, -0.1) is 0 Å². The van der Waals surface area contributed by atoms with E-state index in [1.165, 1.54) is 0 Å². The molecule has 2 aromatic heterocycles. The standard InChI is InChI=1S/C17H17ClIN5O/c1-12-16(19)11-23(22-12)7-6-17(25)21-14-8-20-24(10-14)9-13-4-2-3-5-15(13)18/h2-5,8,10-11H,6-7,9H2,1H3,(H,21,25). The first kappa shape index (κ1) is 17.9. The van der Waals surface area contributed by atoms with Crippen LogP contribution in [0.15, 0.2) is 42.9 Å². The van der Waals surface area contributed by atoms with Crippen molar-refractivity contribution in [2.24, 2.45) is 0 Å². The highest BCUT2D eigenvalue weighted by Crippen LogP contribution is 2.17. The first-order chi connectivity index (χ1) is 12.0. The van der Waals surface area contributed by atoms with Crippen LogP contribution in [0.1, 0.15) is 17.7 Å². The van der Waals surface area contributed by atoms with E-state index in [0.29, 0.717) is 30.2 Å². The molecule has 6 nitrogen and oxygen atoms in total. The predicted molar refractivity (Wildman–Crippen MR) is 106 cm³/mol. The summed E-state index contributed by atoms with van der Waals surface area (Å²) < 4.78 is 4.63. The maximum absolute atomic E-state index is 12.1. The summed E-state index contributed by atoms with van der Waals surface area (Å²) in [5.41, 5.74) is 2.62. The molecule has 0 aliphatic carbocycles. The van der Waals surface area contributed by atoms with E-state index in [2.05, 4.69) is 38.1 Å². The van der Waals surface area contributed by atoms with E-state index in [4.69, 9.17) is 11.6 Å². The Bertz CT molecular complexity index is 869. The average Bonchev–Trinajstić information content (AvgIpc) is 3.14. The number of amides is 1. The molecule has 0 spiro atoms. The summed E-state index contributed by atoms with van der Waals surface area (Å²) in [5, 5.41) is 12.2. The van der Waals surface area contributed by atoms with Crippen LogP contribution >= 0.6 is 34.2 Å². The molecule has 0 radical (unpaired) electrons. The van der Waals surface area contributed by atoms with Crippen molar-refractivity contribution in [2.75, 3.05) is 5.32 Å². The molecule has 0 bridgehead atoms. The van der Waals surface area contributed by atoms with Gasteiger partial charge >= 0.3 is 0 Å². The second-order valence-corrected chi connectivity index (χ2v) is 7.21.